The van der Waals surface area contributed by atoms with Crippen molar-refractivity contribution in [2.75, 3.05) is 18.1 Å². The van der Waals surface area contributed by atoms with E-state index in [-0.39, 0.29) is 12.0 Å². The highest BCUT2D eigenvalue weighted by Gasteiger charge is 2.29. The molecule has 1 atom stereocenters. The Bertz CT molecular complexity index is 957. The van der Waals surface area contributed by atoms with Crippen molar-refractivity contribution < 1.29 is 9.53 Å². The minimum absolute atomic E-state index is 0.0284. The van der Waals surface area contributed by atoms with Gasteiger partial charge in [0, 0.05) is 6.61 Å². The van der Waals surface area contributed by atoms with Crippen LogP contribution in [0.3, 0.4) is 0 Å². The molecule has 0 radical (unpaired) electrons. The van der Waals surface area contributed by atoms with E-state index in [0.717, 1.165) is 45.5 Å². The first-order chi connectivity index (χ1) is 12.5. The van der Waals surface area contributed by atoms with Gasteiger partial charge in [0.1, 0.15) is 4.88 Å². The summed E-state index contributed by atoms with van der Waals surface area (Å²) in [4.78, 5) is 24.9. The Morgan fingerprint density at radius 3 is 2.81 bits per heavy atom. The standard InChI is InChI=1S/C19H21N3O2S2/c1-11-6-7-15-16(9-11)26-19(21-15)22(10-14-5-4-8-24-14)18(23)17-12(2)20-13(3)25-17/h6-7,9,14H,4-5,8,10H2,1-3H3. The van der Waals surface area contributed by atoms with Crippen LogP contribution in [0.15, 0.2) is 18.2 Å². The molecule has 136 valence electrons. The zero-order chi connectivity index (χ0) is 18.3. The highest BCUT2D eigenvalue weighted by molar-refractivity contribution is 7.22. The van der Waals surface area contributed by atoms with Gasteiger partial charge in [-0.25, -0.2) is 9.97 Å². The number of hydrogen-bond donors (Lipinski definition) is 0. The van der Waals surface area contributed by atoms with Gasteiger partial charge in [-0.1, -0.05) is 17.4 Å². The number of benzene rings is 1. The third kappa shape index (κ3) is 3.39. The molecule has 3 aromatic rings. The van der Waals surface area contributed by atoms with Crippen LogP contribution in [0.25, 0.3) is 10.2 Å². The summed E-state index contributed by atoms with van der Waals surface area (Å²) < 4.78 is 6.89. The first-order valence-electron chi connectivity index (χ1n) is 8.76. The zero-order valence-electron chi connectivity index (χ0n) is 15.1. The van der Waals surface area contributed by atoms with Crippen LogP contribution < -0.4 is 4.90 Å². The van der Waals surface area contributed by atoms with Crippen LogP contribution in [0.5, 0.6) is 0 Å². The van der Waals surface area contributed by atoms with Gasteiger partial charge >= 0.3 is 0 Å². The van der Waals surface area contributed by atoms with Crippen molar-refractivity contribution in [2.24, 2.45) is 0 Å². The lowest BCUT2D eigenvalue weighted by Gasteiger charge is -2.22. The molecule has 0 N–H and O–H groups in total. The molecule has 1 saturated heterocycles. The summed E-state index contributed by atoms with van der Waals surface area (Å²) in [6.45, 7) is 7.19. The van der Waals surface area contributed by atoms with Crippen LogP contribution in [-0.2, 0) is 4.74 Å². The number of aromatic nitrogens is 2. The van der Waals surface area contributed by atoms with Crippen molar-refractivity contribution >= 4 is 43.9 Å². The summed E-state index contributed by atoms with van der Waals surface area (Å²) in [5.41, 5.74) is 2.91. The average Bonchev–Trinajstić information content (AvgIpc) is 3.31. The number of fused-ring (bicyclic) bond motifs is 1. The number of carbonyl (C=O) groups is 1. The SMILES string of the molecule is Cc1ccc2nc(N(CC3CCCO3)C(=O)c3sc(C)nc3C)sc2c1. The maximum absolute atomic E-state index is 13.3. The molecule has 1 aliphatic rings. The van der Waals surface area contributed by atoms with Crippen LogP contribution in [0.1, 0.15) is 38.8 Å². The second-order valence-corrected chi connectivity index (χ2v) is 8.88. The predicted octanol–water partition coefficient (Wildman–Crippen LogP) is 4.50. The molecular weight excluding hydrogens is 366 g/mol. The number of thiazole rings is 2. The van der Waals surface area contributed by atoms with Gasteiger partial charge < -0.3 is 4.74 Å². The largest absolute Gasteiger partial charge is 0.376 e. The van der Waals surface area contributed by atoms with Gasteiger partial charge in [0.25, 0.3) is 5.91 Å². The number of hydrogen-bond acceptors (Lipinski definition) is 6. The fraction of sp³-hybridized carbons (Fsp3) is 0.421. The summed E-state index contributed by atoms with van der Waals surface area (Å²) >= 11 is 3.01. The fourth-order valence-electron chi connectivity index (χ4n) is 3.23. The quantitative estimate of drug-likeness (QED) is 0.661. The molecule has 1 aliphatic heterocycles. The monoisotopic (exact) mass is 387 g/mol. The Labute approximate surface area is 160 Å². The lowest BCUT2D eigenvalue weighted by Crippen LogP contribution is -2.37. The van der Waals surface area contributed by atoms with Gasteiger partial charge in [-0.3, -0.25) is 9.69 Å². The second kappa shape index (κ2) is 7.06. The molecular formula is C19H21N3O2S2. The maximum atomic E-state index is 13.3. The summed E-state index contributed by atoms with van der Waals surface area (Å²) in [7, 11) is 0. The molecule has 2 aromatic heterocycles. The Morgan fingerprint density at radius 2 is 2.12 bits per heavy atom. The lowest BCUT2D eigenvalue weighted by atomic mass is 10.2. The van der Waals surface area contributed by atoms with Gasteiger partial charge in [-0.15, -0.1) is 11.3 Å². The number of nitrogens with zero attached hydrogens (tertiary/aromatic N) is 3. The molecule has 1 aromatic carbocycles. The van der Waals surface area contributed by atoms with E-state index < -0.39 is 0 Å². The molecule has 3 heterocycles. The first-order valence-corrected chi connectivity index (χ1v) is 10.4. The second-order valence-electron chi connectivity index (χ2n) is 6.67. The van der Waals surface area contributed by atoms with Crippen LogP contribution in [0, 0.1) is 20.8 Å². The molecule has 1 fully saturated rings. The molecule has 0 bridgehead atoms. The van der Waals surface area contributed by atoms with Gasteiger partial charge in [0.15, 0.2) is 5.13 Å². The fourth-order valence-corrected chi connectivity index (χ4v) is 5.17. The number of anilines is 1. The first kappa shape index (κ1) is 17.6. The van der Waals surface area contributed by atoms with Crippen LogP contribution in [0.2, 0.25) is 0 Å². The summed E-state index contributed by atoms with van der Waals surface area (Å²) in [6.07, 6.45) is 2.10. The van der Waals surface area contributed by atoms with Crippen LogP contribution in [0.4, 0.5) is 5.13 Å². The minimum Gasteiger partial charge on any atom is -0.376 e. The van der Waals surface area contributed by atoms with Crippen LogP contribution in [-0.4, -0.2) is 35.1 Å². The molecule has 26 heavy (non-hydrogen) atoms. The Morgan fingerprint density at radius 1 is 1.27 bits per heavy atom. The van der Waals surface area contributed by atoms with Gasteiger partial charge in [-0.05, 0) is 51.3 Å². The highest BCUT2D eigenvalue weighted by Crippen LogP contribution is 2.32. The van der Waals surface area contributed by atoms with Crippen molar-refractivity contribution in [3.8, 4) is 0 Å². The zero-order valence-corrected chi connectivity index (χ0v) is 16.7. The Hall–Kier alpha value is -1.83. The van der Waals surface area contributed by atoms with Gasteiger partial charge in [0.2, 0.25) is 0 Å². The van der Waals surface area contributed by atoms with Crippen LogP contribution >= 0.6 is 22.7 Å². The van der Waals surface area contributed by atoms with E-state index in [4.69, 9.17) is 9.72 Å². The third-order valence-electron chi connectivity index (χ3n) is 4.52. The van der Waals surface area contributed by atoms with Gasteiger partial charge in [-0.2, -0.15) is 0 Å². The topological polar surface area (TPSA) is 55.3 Å². The third-order valence-corrected chi connectivity index (χ3v) is 6.62. The smallest absolute Gasteiger partial charge is 0.272 e. The van der Waals surface area contributed by atoms with E-state index >= 15 is 0 Å². The van der Waals surface area contributed by atoms with E-state index in [1.54, 1.807) is 16.2 Å². The molecule has 1 amide bonds. The number of amides is 1. The molecule has 7 heteroatoms. The highest BCUT2D eigenvalue weighted by atomic mass is 32.1. The van der Waals surface area contributed by atoms with Crippen molar-refractivity contribution in [3.63, 3.8) is 0 Å². The molecule has 0 spiro atoms. The Balaban J connectivity index is 1.73. The molecule has 0 saturated carbocycles. The number of ether oxygens (including phenoxy) is 1. The molecule has 1 unspecified atom stereocenters. The van der Waals surface area contributed by atoms with Crippen molar-refractivity contribution in [2.45, 2.75) is 39.7 Å². The van der Waals surface area contributed by atoms with E-state index in [0.29, 0.717) is 11.4 Å². The number of carbonyl (C=O) groups excluding carboxylic acids is 1. The molecule has 4 rings (SSSR count). The van der Waals surface area contributed by atoms with E-state index in [2.05, 4.69) is 24.0 Å². The van der Waals surface area contributed by atoms with E-state index in [1.807, 2.05) is 19.9 Å². The van der Waals surface area contributed by atoms with Gasteiger partial charge in [0.05, 0.1) is 33.6 Å². The van der Waals surface area contributed by atoms with Crippen molar-refractivity contribution in [1.29, 1.82) is 0 Å². The predicted molar refractivity (Wildman–Crippen MR) is 107 cm³/mol. The minimum atomic E-state index is -0.0284. The lowest BCUT2D eigenvalue weighted by molar-refractivity contribution is 0.0920. The molecule has 0 aliphatic carbocycles. The Kier molecular flexibility index (Phi) is 4.77. The normalized spacial score (nSPS) is 17.1. The summed E-state index contributed by atoms with van der Waals surface area (Å²) in [5, 5.41) is 1.64. The maximum Gasteiger partial charge on any atom is 0.272 e. The summed E-state index contributed by atoms with van der Waals surface area (Å²) in [5.74, 6) is -0.0284. The van der Waals surface area contributed by atoms with Crippen molar-refractivity contribution in [1.82, 2.24) is 9.97 Å². The number of rotatable bonds is 4. The summed E-state index contributed by atoms with van der Waals surface area (Å²) in [6, 6.07) is 6.18. The van der Waals surface area contributed by atoms with E-state index in [9.17, 15) is 4.79 Å². The number of aryl methyl sites for hydroxylation is 3. The average molecular weight is 388 g/mol. The van der Waals surface area contributed by atoms with E-state index in [1.165, 1.54) is 16.9 Å². The van der Waals surface area contributed by atoms with Crippen molar-refractivity contribution in [3.05, 3.63) is 39.3 Å². The molecule has 5 nitrogen and oxygen atoms in total.